The van der Waals surface area contributed by atoms with Gasteiger partial charge < -0.3 is 4.74 Å². The monoisotopic (exact) mass is 259 g/mol. The van der Waals surface area contributed by atoms with Crippen molar-refractivity contribution in [3.8, 4) is 24.0 Å². The van der Waals surface area contributed by atoms with E-state index in [0.29, 0.717) is 11.4 Å². The first-order valence-electron chi connectivity index (χ1n) is 4.57. The summed E-state index contributed by atoms with van der Waals surface area (Å²) in [6.07, 6.45) is 0. The van der Waals surface area contributed by atoms with Crippen LogP contribution in [0.3, 0.4) is 0 Å². The van der Waals surface area contributed by atoms with Gasteiger partial charge in [-0.2, -0.15) is 20.9 Å². The molecule has 1 aromatic carbocycles. The van der Waals surface area contributed by atoms with E-state index >= 15 is 0 Å². The van der Waals surface area contributed by atoms with Gasteiger partial charge in [-0.25, -0.2) is 0 Å². The van der Waals surface area contributed by atoms with E-state index in [9.17, 15) is 0 Å². The SMILES string of the molecule is COc1cc(NN=C(C#N)C#N)c(C#N)cc1Cl. The summed E-state index contributed by atoms with van der Waals surface area (Å²) in [5.41, 5.74) is 2.61. The molecule has 0 aliphatic heterocycles. The Kier molecular flexibility index (Phi) is 4.51. The lowest BCUT2D eigenvalue weighted by Gasteiger charge is -2.07. The van der Waals surface area contributed by atoms with E-state index in [4.69, 9.17) is 32.1 Å². The summed E-state index contributed by atoms with van der Waals surface area (Å²) >= 11 is 5.85. The van der Waals surface area contributed by atoms with Crippen LogP contribution in [0, 0.1) is 34.0 Å². The Morgan fingerprint density at radius 3 is 2.50 bits per heavy atom. The molecule has 0 saturated heterocycles. The van der Waals surface area contributed by atoms with Crippen LogP contribution in [-0.4, -0.2) is 12.8 Å². The standard InChI is InChI=1S/C11H6ClN5O/c1-18-11-3-10(7(4-13)2-9(11)12)17-16-8(5-14)6-15/h2-3,17H,1H3. The zero-order valence-corrected chi connectivity index (χ0v) is 9.99. The number of benzene rings is 1. The molecule has 7 heteroatoms. The molecule has 1 aromatic rings. The highest BCUT2D eigenvalue weighted by Crippen LogP contribution is 2.30. The molecule has 0 saturated carbocycles. The molecule has 18 heavy (non-hydrogen) atoms. The van der Waals surface area contributed by atoms with Crippen molar-refractivity contribution in [2.75, 3.05) is 12.5 Å². The number of anilines is 1. The Morgan fingerprint density at radius 1 is 1.33 bits per heavy atom. The second kappa shape index (κ2) is 6.10. The molecule has 1 rings (SSSR count). The van der Waals surface area contributed by atoms with Crippen molar-refractivity contribution in [1.29, 1.82) is 15.8 Å². The fraction of sp³-hybridized carbons (Fsp3) is 0.0909. The average molecular weight is 260 g/mol. The number of ether oxygens (including phenoxy) is 1. The second-order valence-corrected chi connectivity index (χ2v) is 3.35. The largest absolute Gasteiger partial charge is 0.495 e. The Labute approximate surface area is 108 Å². The van der Waals surface area contributed by atoms with E-state index < -0.39 is 0 Å². The van der Waals surface area contributed by atoms with Gasteiger partial charge in [0, 0.05) is 6.07 Å². The first-order valence-corrected chi connectivity index (χ1v) is 4.95. The number of halogens is 1. The Morgan fingerprint density at radius 2 is 2.00 bits per heavy atom. The minimum atomic E-state index is -0.354. The Bertz CT molecular complexity index is 602. The maximum Gasteiger partial charge on any atom is 0.237 e. The first-order chi connectivity index (χ1) is 8.65. The molecule has 0 spiro atoms. The molecular formula is C11H6ClN5O. The molecule has 0 aliphatic rings. The van der Waals surface area contributed by atoms with Crippen LogP contribution in [0.2, 0.25) is 5.02 Å². The fourth-order valence-corrected chi connectivity index (χ4v) is 1.33. The van der Waals surface area contributed by atoms with E-state index in [1.807, 2.05) is 6.07 Å². The van der Waals surface area contributed by atoms with Crippen molar-refractivity contribution < 1.29 is 4.74 Å². The average Bonchev–Trinajstić information content (AvgIpc) is 2.40. The van der Waals surface area contributed by atoms with E-state index in [0.717, 1.165) is 0 Å². The number of nitrogens with one attached hydrogen (secondary N) is 1. The lowest BCUT2D eigenvalue weighted by Crippen LogP contribution is -1.99. The Hall–Kier alpha value is -2.75. The third-order valence-electron chi connectivity index (χ3n) is 1.91. The number of methoxy groups -OCH3 is 1. The third-order valence-corrected chi connectivity index (χ3v) is 2.21. The molecule has 6 nitrogen and oxygen atoms in total. The maximum atomic E-state index is 8.92. The molecule has 0 fully saturated rings. The van der Waals surface area contributed by atoms with Crippen molar-refractivity contribution >= 4 is 23.0 Å². The molecule has 0 heterocycles. The van der Waals surface area contributed by atoms with E-state index in [1.165, 1.54) is 19.2 Å². The van der Waals surface area contributed by atoms with Gasteiger partial charge in [0.15, 0.2) is 0 Å². The number of hydrazone groups is 1. The Balaban J connectivity index is 3.18. The van der Waals surface area contributed by atoms with Gasteiger partial charge in [-0.3, -0.25) is 5.43 Å². The quantitative estimate of drug-likeness (QED) is 0.660. The summed E-state index contributed by atoms with van der Waals surface area (Å²) in [5.74, 6) is 0.351. The van der Waals surface area contributed by atoms with Gasteiger partial charge in [0.05, 0.1) is 23.4 Å². The van der Waals surface area contributed by atoms with Crippen LogP contribution in [0.4, 0.5) is 5.69 Å². The highest BCUT2D eigenvalue weighted by atomic mass is 35.5. The van der Waals surface area contributed by atoms with Gasteiger partial charge in [-0.1, -0.05) is 11.6 Å². The van der Waals surface area contributed by atoms with Gasteiger partial charge in [0.25, 0.3) is 0 Å². The summed E-state index contributed by atoms with van der Waals surface area (Å²) in [6.45, 7) is 0. The predicted octanol–water partition coefficient (Wildman–Crippen LogP) is 2.04. The molecule has 0 unspecified atom stereocenters. The molecule has 88 valence electrons. The van der Waals surface area contributed by atoms with Crippen molar-refractivity contribution in [2.24, 2.45) is 5.10 Å². The molecule has 1 N–H and O–H groups in total. The summed E-state index contributed by atoms with van der Waals surface area (Å²) in [6, 6.07) is 7.94. The third kappa shape index (κ3) is 2.89. The summed E-state index contributed by atoms with van der Waals surface area (Å²) < 4.78 is 4.98. The lowest BCUT2D eigenvalue weighted by molar-refractivity contribution is 0.415. The van der Waals surface area contributed by atoms with Gasteiger partial charge in [0.1, 0.15) is 24.0 Å². The summed E-state index contributed by atoms with van der Waals surface area (Å²) in [7, 11) is 1.43. The lowest BCUT2D eigenvalue weighted by atomic mass is 10.2. The number of nitriles is 3. The van der Waals surface area contributed by atoms with Crippen molar-refractivity contribution in [3.05, 3.63) is 22.7 Å². The summed E-state index contributed by atoms with van der Waals surface area (Å²) in [5, 5.41) is 29.8. The van der Waals surface area contributed by atoms with Crippen LogP contribution < -0.4 is 10.2 Å². The van der Waals surface area contributed by atoms with Gasteiger partial charge in [0.2, 0.25) is 5.71 Å². The smallest absolute Gasteiger partial charge is 0.237 e. The molecule has 0 aromatic heterocycles. The maximum absolute atomic E-state index is 8.92. The van der Waals surface area contributed by atoms with Gasteiger partial charge in [-0.15, -0.1) is 0 Å². The van der Waals surface area contributed by atoms with Gasteiger partial charge in [-0.05, 0) is 6.07 Å². The van der Waals surface area contributed by atoms with Crippen molar-refractivity contribution in [1.82, 2.24) is 0 Å². The number of nitrogens with zero attached hydrogens (tertiary/aromatic N) is 4. The minimum absolute atomic E-state index is 0.222. The van der Waals surface area contributed by atoms with Crippen LogP contribution in [0.25, 0.3) is 0 Å². The summed E-state index contributed by atoms with van der Waals surface area (Å²) in [4.78, 5) is 0. The van der Waals surface area contributed by atoms with E-state index in [2.05, 4.69) is 10.5 Å². The normalized spacial score (nSPS) is 8.39. The van der Waals surface area contributed by atoms with Gasteiger partial charge >= 0.3 is 0 Å². The molecular weight excluding hydrogens is 254 g/mol. The van der Waals surface area contributed by atoms with Crippen molar-refractivity contribution in [2.45, 2.75) is 0 Å². The molecule has 0 amide bonds. The molecule has 0 radical (unpaired) electrons. The molecule has 0 bridgehead atoms. The van der Waals surface area contributed by atoms with Crippen LogP contribution in [0.5, 0.6) is 5.75 Å². The molecule has 0 aliphatic carbocycles. The number of rotatable bonds is 3. The van der Waals surface area contributed by atoms with Crippen LogP contribution in [0.15, 0.2) is 17.2 Å². The van der Waals surface area contributed by atoms with Crippen LogP contribution in [-0.2, 0) is 0 Å². The number of hydrogen-bond donors (Lipinski definition) is 1. The number of hydrogen-bond acceptors (Lipinski definition) is 6. The van der Waals surface area contributed by atoms with Crippen LogP contribution in [0.1, 0.15) is 5.56 Å². The van der Waals surface area contributed by atoms with E-state index in [-0.39, 0.29) is 16.3 Å². The second-order valence-electron chi connectivity index (χ2n) is 2.94. The molecule has 0 atom stereocenters. The zero-order valence-electron chi connectivity index (χ0n) is 9.23. The zero-order chi connectivity index (χ0) is 13.5. The fourth-order valence-electron chi connectivity index (χ4n) is 1.09. The minimum Gasteiger partial charge on any atom is -0.495 e. The highest BCUT2D eigenvalue weighted by molar-refractivity contribution is 6.32. The van der Waals surface area contributed by atoms with E-state index in [1.54, 1.807) is 12.1 Å². The topological polar surface area (TPSA) is 105 Å². The first kappa shape index (κ1) is 13.3. The predicted molar refractivity (Wildman–Crippen MR) is 65.0 cm³/mol. The highest BCUT2D eigenvalue weighted by Gasteiger charge is 2.08. The van der Waals surface area contributed by atoms with Crippen molar-refractivity contribution in [3.63, 3.8) is 0 Å². The van der Waals surface area contributed by atoms with Crippen LogP contribution >= 0.6 is 11.6 Å².